The van der Waals surface area contributed by atoms with Crippen LogP contribution in [0.3, 0.4) is 0 Å². The van der Waals surface area contributed by atoms with Gasteiger partial charge in [0.15, 0.2) is 0 Å². The van der Waals surface area contributed by atoms with Crippen LogP contribution in [-0.4, -0.2) is 24.6 Å². The molecule has 1 atom stereocenters. The summed E-state index contributed by atoms with van der Waals surface area (Å²) in [5.41, 5.74) is 5.56. The first-order valence-electron chi connectivity index (χ1n) is 9.52. The van der Waals surface area contributed by atoms with Crippen LogP contribution in [0.15, 0.2) is 72.8 Å². The molecule has 28 heavy (non-hydrogen) atoms. The molecule has 0 saturated carbocycles. The zero-order chi connectivity index (χ0) is 19.5. The van der Waals surface area contributed by atoms with Gasteiger partial charge in [0.2, 0.25) is 0 Å². The third kappa shape index (κ3) is 3.58. The average Bonchev–Trinajstić information content (AvgIpc) is 2.73. The maximum absolute atomic E-state index is 13.2. The Morgan fingerprint density at radius 1 is 1.04 bits per heavy atom. The van der Waals surface area contributed by atoms with E-state index in [4.69, 9.17) is 4.74 Å². The minimum Gasteiger partial charge on any atom is -0.497 e. The lowest BCUT2D eigenvalue weighted by atomic mass is 9.88. The third-order valence-electron chi connectivity index (χ3n) is 5.26. The second kappa shape index (κ2) is 7.77. The lowest BCUT2D eigenvalue weighted by Gasteiger charge is -2.37. The van der Waals surface area contributed by atoms with Gasteiger partial charge >= 0.3 is 6.03 Å². The smallest absolute Gasteiger partial charge is 0.322 e. The van der Waals surface area contributed by atoms with Gasteiger partial charge in [0, 0.05) is 18.3 Å². The maximum atomic E-state index is 13.2. The standard InChI is InChI=1S/C24H24N2O2/c1-17-10-12-19(13-11-17)23-22-9-4-3-6-18(22)14-15-26(23)24(27)25-20-7-5-8-21(16-20)28-2/h3-13,16,23H,14-15H2,1-2H3,(H,25,27). The number of rotatable bonds is 3. The molecule has 4 nitrogen and oxygen atoms in total. The summed E-state index contributed by atoms with van der Waals surface area (Å²) in [4.78, 5) is 15.1. The zero-order valence-corrected chi connectivity index (χ0v) is 16.2. The van der Waals surface area contributed by atoms with E-state index in [0.717, 1.165) is 23.4 Å². The number of ether oxygens (including phenoxy) is 1. The minimum atomic E-state index is -0.103. The number of urea groups is 1. The van der Waals surface area contributed by atoms with Crippen molar-refractivity contribution in [2.75, 3.05) is 19.0 Å². The van der Waals surface area contributed by atoms with Gasteiger partial charge in [-0.3, -0.25) is 0 Å². The van der Waals surface area contributed by atoms with Gasteiger partial charge in [0.1, 0.15) is 5.75 Å². The number of carbonyl (C=O) groups is 1. The summed E-state index contributed by atoms with van der Waals surface area (Å²) in [5.74, 6) is 0.719. The zero-order valence-electron chi connectivity index (χ0n) is 16.2. The van der Waals surface area contributed by atoms with E-state index in [0.29, 0.717) is 6.54 Å². The Morgan fingerprint density at radius 3 is 2.61 bits per heavy atom. The molecule has 0 aromatic heterocycles. The lowest BCUT2D eigenvalue weighted by Crippen LogP contribution is -2.43. The first-order chi connectivity index (χ1) is 13.7. The van der Waals surface area contributed by atoms with Crippen LogP contribution in [0.4, 0.5) is 10.5 Å². The van der Waals surface area contributed by atoms with Crippen LogP contribution in [0, 0.1) is 6.92 Å². The molecule has 3 aromatic rings. The Morgan fingerprint density at radius 2 is 1.82 bits per heavy atom. The predicted molar refractivity (Wildman–Crippen MR) is 112 cm³/mol. The van der Waals surface area contributed by atoms with Gasteiger partial charge in [0.25, 0.3) is 0 Å². The highest BCUT2D eigenvalue weighted by molar-refractivity contribution is 5.90. The monoisotopic (exact) mass is 372 g/mol. The Balaban J connectivity index is 1.68. The molecule has 0 aliphatic carbocycles. The molecule has 1 N–H and O–H groups in total. The highest BCUT2D eigenvalue weighted by Gasteiger charge is 2.31. The average molecular weight is 372 g/mol. The summed E-state index contributed by atoms with van der Waals surface area (Å²) < 4.78 is 5.27. The summed E-state index contributed by atoms with van der Waals surface area (Å²) in [7, 11) is 1.62. The van der Waals surface area contributed by atoms with Gasteiger partial charge < -0.3 is 15.0 Å². The van der Waals surface area contributed by atoms with Crippen LogP contribution in [0.2, 0.25) is 0 Å². The Bertz CT molecular complexity index is 982. The van der Waals surface area contributed by atoms with Crippen molar-refractivity contribution in [3.8, 4) is 5.75 Å². The predicted octanol–water partition coefficient (Wildman–Crippen LogP) is 5.18. The van der Waals surface area contributed by atoms with Crippen molar-refractivity contribution in [1.29, 1.82) is 0 Å². The fourth-order valence-corrected chi connectivity index (χ4v) is 3.79. The van der Waals surface area contributed by atoms with E-state index in [1.54, 1.807) is 7.11 Å². The van der Waals surface area contributed by atoms with Crippen molar-refractivity contribution in [1.82, 2.24) is 4.90 Å². The largest absolute Gasteiger partial charge is 0.497 e. The number of hydrogen-bond acceptors (Lipinski definition) is 2. The fourth-order valence-electron chi connectivity index (χ4n) is 3.79. The van der Waals surface area contributed by atoms with Gasteiger partial charge in [-0.2, -0.15) is 0 Å². The van der Waals surface area contributed by atoms with Gasteiger partial charge in [-0.25, -0.2) is 4.79 Å². The van der Waals surface area contributed by atoms with Crippen LogP contribution < -0.4 is 10.1 Å². The van der Waals surface area contributed by atoms with Gasteiger partial charge in [-0.1, -0.05) is 60.2 Å². The SMILES string of the molecule is COc1cccc(NC(=O)N2CCc3ccccc3C2c2ccc(C)cc2)c1. The highest BCUT2D eigenvalue weighted by atomic mass is 16.5. The second-order valence-corrected chi connectivity index (χ2v) is 7.12. The van der Waals surface area contributed by atoms with Crippen molar-refractivity contribution in [2.24, 2.45) is 0 Å². The van der Waals surface area contributed by atoms with Crippen LogP contribution in [0.5, 0.6) is 5.75 Å². The summed E-state index contributed by atoms with van der Waals surface area (Å²) in [6.45, 7) is 2.75. The normalized spacial score (nSPS) is 15.6. The quantitative estimate of drug-likeness (QED) is 0.688. The third-order valence-corrected chi connectivity index (χ3v) is 5.26. The number of benzene rings is 3. The first-order valence-corrected chi connectivity index (χ1v) is 9.52. The number of fused-ring (bicyclic) bond motifs is 1. The van der Waals surface area contributed by atoms with E-state index in [2.05, 4.69) is 54.7 Å². The minimum absolute atomic E-state index is 0.101. The van der Waals surface area contributed by atoms with E-state index < -0.39 is 0 Å². The number of anilines is 1. The maximum Gasteiger partial charge on any atom is 0.322 e. The molecule has 4 rings (SSSR count). The van der Waals surface area contributed by atoms with Crippen molar-refractivity contribution < 1.29 is 9.53 Å². The number of nitrogens with one attached hydrogen (secondary N) is 1. The Labute approximate surface area is 165 Å². The van der Waals surface area contributed by atoms with Crippen LogP contribution in [0.1, 0.15) is 28.3 Å². The van der Waals surface area contributed by atoms with Gasteiger partial charge in [-0.15, -0.1) is 0 Å². The van der Waals surface area contributed by atoms with Crippen LogP contribution >= 0.6 is 0 Å². The van der Waals surface area contributed by atoms with E-state index in [1.165, 1.54) is 16.7 Å². The first kappa shape index (κ1) is 18.1. The molecule has 142 valence electrons. The molecule has 0 spiro atoms. The number of methoxy groups -OCH3 is 1. The van der Waals surface area contributed by atoms with Crippen molar-refractivity contribution in [3.05, 3.63) is 95.1 Å². The molecule has 0 saturated heterocycles. The molecule has 0 fully saturated rings. The molecular weight excluding hydrogens is 348 g/mol. The summed E-state index contributed by atoms with van der Waals surface area (Å²) in [6, 6.07) is 24.1. The fraction of sp³-hybridized carbons (Fsp3) is 0.208. The molecular formula is C24H24N2O2. The summed E-state index contributed by atoms with van der Waals surface area (Å²) in [5, 5.41) is 3.04. The topological polar surface area (TPSA) is 41.6 Å². The summed E-state index contributed by atoms with van der Waals surface area (Å²) in [6.07, 6.45) is 0.851. The molecule has 0 bridgehead atoms. The van der Waals surface area contributed by atoms with Crippen molar-refractivity contribution >= 4 is 11.7 Å². The Hall–Kier alpha value is -3.27. The molecule has 1 aliphatic heterocycles. The number of hydrogen-bond donors (Lipinski definition) is 1. The molecule has 3 aromatic carbocycles. The highest BCUT2D eigenvalue weighted by Crippen LogP contribution is 2.35. The molecule has 4 heteroatoms. The lowest BCUT2D eigenvalue weighted by molar-refractivity contribution is 0.194. The number of carbonyl (C=O) groups excluding carboxylic acids is 1. The Kier molecular flexibility index (Phi) is 5.02. The van der Waals surface area contributed by atoms with Crippen LogP contribution in [-0.2, 0) is 6.42 Å². The molecule has 1 heterocycles. The molecule has 1 unspecified atom stereocenters. The van der Waals surface area contributed by atoms with Gasteiger partial charge in [-0.05, 0) is 42.2 Å². The molecule has 1 aliphatic rings. The number of amides is 2. The van der Waals surface area contributed by atoms with E-state index in [1.807, 2.05) is 35.2 Å². The second-order valence-electron chi connectivity index (χ2n) is 7.12. The van der Waals surface area contributed by atoms with E-state index in [9.17, 15) is 4.79 Å². The number of nitrogens with zero attached hydrogens (tertiary/aromatic N) is 1. The molecule has 0 radical (unpaired) electrons. The number of aryl methyl sites for hydroxylation is 1. The van der Waals surface area contributed by atoms with Gasteiger partial charge in [0.05, 0.1) is 13.2 Å². The van der Waals surface area contributed by atoms with Crippen LogP contribution in [0.25, 0.3) is 0 Å². The summed E-state index contributed by atoms with van der Waals surface area (Å²) >= 11 is 0. The molecule has 2 amide bonds. The van der Waals surface area contributed by atoms with E-state index >= 15 is 0 Å². The van der Waals surface area contributed by atoms with Crippen molar-refractivity contribution in [3.63, 3.8) is 0 Å². The van der Waals surface area contributed by atoms with E-state index in [-0.39, 0.29) is 12.1 Å². The van der Waals surface area contributed by atoms with Crippen molar-refractivity contribution in [2.45, 2.75) is 19.4 Å².